The Morgan fingerprint density at radius 1 is 1.53 bits per heavy atom. The first-order chi connectivity index (χ1) is 9.06. The molecule has 1 aromatic heterocycles. The van der Waals surface area contributed by atoms with Crippen LogP contribution in [0.15, 0.2) is 10.7 Å². The molecule has 2 aliphatic rings. The van der Waals surface area contributed by atoms with E-state index in [-0.39, 0.29) is 11.9 Å². The lowest BCUT2D eigenvalue weighted by molar-refractivity contribution is 0.0905. The maximum atomic E-state index is 12.3. The molecule has 1 amide bonds. The molecule has 104 valence electrons. The van der Waals surface area contributed by atoms with E-state index in [0.717, 1.165) is 16.3 Å². The van der Waals surface area contributed by atoms with Gasteiger partial charge in [-0.15, -0.1) is 0 Å². The first-order valence-electron chi connectivity index (χ1n) is 7.04. The van der Waals surface area contributed by atoms with Crippen LogP contribution in [0.2, 0.25) is 0 Å². The van der Waals surface area contributed by atoms with Gasteiger partial charge in [0.15, 0.2) is 0 Å². The summed E-state index contributed by atoms with van der Waals surface area (Å²) in [6.45, 7) is 2.15. The number of nitrogens with one attached hydrogen (secondary N) is 1. The van der Waals surface area contributed by atoms with Crippen LogP contribution in [-0.2, 0) is 7.05 Å². The van der Waals surface area contributed by atoms with Crippen LogP contribution in [0.5, 0.6) is 0 Å². The smallest absolute Gasteiger partial charge is 0.270 e. The van der Waals surface area contributed by atoms with Crippen molar-refractivity contribution in [2.45, 2.75) is 38.6 Å². The number of fused-ring (bicyclic) bond motifs is 2. The van der Waals surface area contributed by atoms with E-state index in [1.807, 2.05) is 0 Å². The fraction of sp³-hybridized carbons (Fsp3) is 0.714. The van der Waals surface area contributed by atoms with Crippen LogP contribution in [0, 0.1) is 17.8 Å². The zero-order valence-electron chi connectivity index (χ0n) is 11.4. The summed E-state index contributed by atoms with van der Waals surface area (Å²) < 4.78 is 2.38. The summed E-state index contributed by atoms with van der Waals surface area (Å²) in [4.78, 5) is 12.3. The zero-order chi connectivity index (χ0) is 13.6. The highest BCUT2D eigenvalue weighted by Gasteiger charge is 2.42. The Labute approximate surface area is 122 Å². The minimum atomic E-state index is -0.0258. The van der Waals surface area contributed by atoms with Gasteiger partial charge in [0.25, 0.3) is 5.91 Å². The van der Waals surface area contributed by atoms with E-state index in [2.05, 4.69) is 33.3 Å². The third-order valence-electron chi connectivity index (χ3n) is 4.90. The van der Waals surface area contributed by atoms with Crippen LogP contribution in [0.1, 0.15) is 43.1 Å². The van der Waals surface area contributed by atoms with E-state index < -0.39 is 0 Å². The van der Waals surface area contributed by atoms with Gasteiger partial charge in [0.1, 0.15) is 5.69 Å². The van der Waals surface area contributed by atoms with E-state index in [1.165, 1.54) is 25.7 Å². The van der Waals surface area contributed by atoms with E-state index in [0.29, 0.717) is 11.6 Å². The van der Waals surface area contributed by atoms with Gasteiger partial charge >= 0.3 is 0 Å². The second-order valence-electron chi connectivity index (χ2n) is 6.07. The minimum Gasteiger partial charge on any atom is -0.348 e. The van der Waals surface area contributed by atoms with Crippen molar-refractivity contribution in [2.75, 3.05) is 0 Å². The summed E-state index contributed by atoms with van der Waals surface area (Å²) in [5.41, 5.74) is 0.606. The van der Waals surface area contributed by atoms with Gasteiger partial charge in [-0.25, -0.2) is 0 Å². The Balaban J connectivity index is 1.67. The molecule has 4 atom stereocenters. The lowest BCUT2D eigenvalue weighted by Gasteiger charge is -2.28. The molecule has 2 fully saturated rings. The number of hydrogen-bond donors (Lipinski definition) is 1. The van der Waals surface area contributed by atoms with E-state index in [1.54, 1.807) is 17.9 Å². The Kier molecular flexibility index (Phi) is 3.41. The molecular formula is C14H20BrN3O. The SMILES string of the molecule is CC(NC(=O)c1c(Br)cnn1C)C1CC2CCC1C2. The quantitative estimate of drug-likeness (QED) is 0.928. The van der Waals surface area contributed by atoms with Crippen molar-refractivity contribution in [1.29, 1.82) is 0 Å². The molecule has 19 heavy (non-hydrogen) atoms. The molecule has 2 saturated carbocycles. The van der Waals surface area contributed by atoms with Crippen molar-refractivity contribution in [3.63, 3.8) is 0 Å². The van der Waals surface area contributed by atoms with Crippen LogP contribution in [-0.4, -0.2) is 21.7 Å². The number of carbonyl (C=O) groups is 1. The largest absolute Gasteiger partial charge is 0.348 e. The van der Waals surface area contributed by atoms with Crippen molar-refractivity contribution in [3.05, 3.63) is 16.4 Å². The summed E-state index contributed by atoms with van der Waals surface area (Å²) in [5.74, 6) is 2.38. The van der Waals surface area contributed by atoms with Crippen molar-refractivity contribution in [2.24, 2.45) is 24.8 Å². The normalized spacial score (nSPS) is 30.6. The fourth-order valence-electron chi connectivity index (χ4n) is 3.95. The second-order valence-corrected chi connectivity index (χ2v) is 6.92. The van der Waals surface area contributed by atoms with Crippen molar-refractivity contribution in [3.8, 4) is 0 Å². The minimum absolute atomic E-state index is 0.0258. The number of nitrogens with zero attached hydrogens (tertiary/aromatic N) is 2. The van der Waals surface area contributed by atoms with Crippen LogP contribution in [0.25, 0.3) is 0 Å². The van der Waals surface area contributed by atoms with Gasteiger partial charge < -0.3 is 5.32 Å². The lowest BCUT2D eigenvalue weighted by atomic mass is 9.84. The Morgan fingerprint density at radius 2 is 2.32 bits per heavy atom. The first-order valence-corrected chi connectivity index (χ1v) is 7.84. The molecule has 4 unspecified atom stereocenters. The second kappa shape index (κ2) is 4.93. The Bertz CT molecular complexity index is 479. The van der Waals surface area contributed by atoms with Gasteiger partial charge in [-0.3, -0.25) is 9.48 Å². The summed E-state index contributed by atoms with van der Waals surface area (Å²) in [5, 5.41) is 7.25. The zero-order valence-corrected chi connectivity index (χ0v) is 13.0. The molecule has 3 rings (SSSR count). The monoisotopic (exact) mass is 325 g/mol. The predicted molar refractivity (Wildman–Crippen MR) is 76.8 cm³/mol. The summed E-state index contributed by atoms with van der Waals surface area (Å²) in [6, 6.07) is 0.254. The number of amides is 1. The van der Waals surface area contributed by atoms with Crippen molar-refractivity contribution >= 4 is 21.8 Å². The highest BCUT2D eigenvalue weighted by Crippen LogP contribution is 2.49. The number of carbonyl (C=O) groups excluding carboxylic acids is 1. The molecule has 2 bridgehead atoms. The maximum absolute atomic E-state index is 12.3. The van der Waals surface area contributed by atoms with Crippen LogP contribution >= 0.6 is 15.9 Å². The van der Waals surface area contributed by atoms with Gasteiger partial charge in [-0.05, 0) is 59.9 Å². The molecule has 1 aromatic rings. The van der Waals surface area contributed by atoms with Crippen LogP contribution < -0.4 is 5.32 Å². The third kappa shape index (κ3) is 2.33. The van der Waals surface area contributed by atoms with Crippen LogP contribution in [0.3, 0.4) is 0 Å². The number of hydrogen-bond acceptors (Lipinski definition) is 2. The number of rotatable bonds is 3. The first kappa shape index (κ1) is 13.2. The summed E-state index contributed by atoms with van der Waals surface area (Å²) >= 11 is 3.38. The van der Waals surface area contributed by atoms with Crippen LogP contribution in [0.4, 0.5) is 0 Å². The van der Waals surface area contributed by atoms with Crippen molar-refractivity contribution < 1.29 is 4.79 Å². The summed E-state index contributed by atoms with van der Waals surface area (Å²) in [6.07, 6.45) is 7.08. The summed E-state index contributed by atoms with van der Waals surface area (Å²) in [7, 11) is 1.79. The van der Waals surface area contributed by atoms with Gasteiger partial charge in [0.05, 0.1) is 10.7 Å². The molecule has 0 aliphatic heterocycles. The molecule has 0 saturated heterocycles. The molecule has 1 N–H and O–H groups in total. The highest BCUT2D eigenvalue weighted by molar-refractivity contribution is 9.10. The molecule has 2 aliphatic carbocycles. The highest BCUT2D eigenvalue weighted by atomic mass is 79.9. The molecule has 0 radical (unpaired) electrons. The molecule has 5 heteroatoms. The standard InChI is InChI=1S/C14H20BrN3O/c1-8(11-6-9-3-4-10(11)5-9)17-14(19)13-12(15)7-16-18(13)2/h7-11H,3-6H2,1-2H3,(H,17,19). The average Bonchev–Trinajstić information content (AvgIpc) is 3.05. The fourth-order valence-corrected chi connectivity index (χ4v) is 4.48. The Hall–Kier alpha value is -0.840. The van der Waals surface area contributed by atoms with Gasteiger partial charge in [0.2, 0.25) is 0 Å². The van der Waals surface area contributed by atoms with Gasteiger partial charge in [0, 0.05) is 13.1 Å². The number of halogens is 1. The van der Waals surface area contributed by atoms with E-state index in [9.17, 15) is 4.79 Å². The Morgan fingerprint density at radius 3 is 2.84 bits per heavy atom. The van der Waals surface area contributed by atoms with Gasteiger partial charge in [-0.2, -0.15) is 5.10 Å². The molecule has 0 aromatic carbocycles. The molecular weight excluding hydrogens is 306 g/mol. The molecule has 4 nitrogen and oxygen atoms in total. The average molecular weight is 326 g/mol. The third-order valence-corrected chi connectivity index (χ3v) is 5.48. The maximum Gasteiger partial charge on any atom is 0.270 e. The van der Waals surface area contributed by atoms with Crippen molar-refractivity contribution in [1.82, 2.24) is 15.1 Å². The number of aromatic nitrogens is 2. The number of aryl methyl sites for hydroxylation is 1. The lowest BCUT2D eigenvalue weighted by Crippen LogP contribution is -2.40. The van der Waals surface area contributed by atoms with Gasteiger partial charge in [-0.1, -0.05) is 6.42 Å². The topological polar surface area (TPSA) is 46.9 Å². The molecule has 1 heterocycles. The predicted octanol–water partition coefficient (Wildman–Crippen LogP) is 2.74. The van der Waals surface area contributed by atoms with E-state index >= 15 is 0 Å². The molecule has 0 spiro atoms. The van der Waals surface area contributed by atoms with E-state index in [4.69, 9.17) is 0 Å².